The van der Waals surface area contributed by atoms with Crippen molar-refractivity contribution in [2.24, 2.45) is 0 Å². The van der Waals surface area contributed by atoms with Crippen LogP contribution in [0.2, 0.25) is 0 Å². The van der Waals surface area contributed by atoms with Gasteiger partial charge in [0.05, 0.1) is 22.9 Å². The van der Waals surface area contributed by atoms with Crippen molar-refractivity contribution in [2.75, 3.05) is 32.7 Å². The largest absolute Gasteiger partial charge is 0.505 e. The third-order valence-corrected chi connectivity index (χ3v) is 8.94. The zero-order valence-electron chi connectivity index (χ0n) is 25.1. The Morgan fingerprint density at radius 1 is 1.12 bits per heavy atom. The minimum absolute atomic E-state index is 0.107. The van der Waals surface area contributed by atoms with Crippen molar-refractivity contribution in [3.63, 3.8) is 0 Å². The molecule has 0 unspecified atom stereocenters. The lowest BCUT2D eigenvalue weighted by molar-refractivity contribution is -0.140. The van der Waals surface area contributed by atoms with Crippen LogP contribution in [0.4, 0.5) is 4.39 Å². The van der Waals surface area contributed by atoms with E-state index >= 15 is 0 Å². The van der Waals surface area contributed by atoms with Crippen molar-refractivity contribution < 1.29 is 14.3 Å². The van der Waals surface area contributed by atoms with E-state index in [-0.39, 0.29) is 23.2 Å². The van der Waals surface area contributed by atoms with Crippen LogP contribution in [0.15, 0.2) is 30.3 Å². The number of amides is 1. The van der Waals surface area contributed by atoms with Crippen LogP contribution in [-0.2, 0) is 24.2 Å². The number of carbonyl (C=O) groups excluding carboxylic acids is 1. The van der Waals surface area contributed by atoms with Crippen molar-refractivity contribution in [3.05, 3.63) is 53.1 Å². The van der Waals surface area contributed by atoms with Crippen molar-refractivity contribution in [1.29, 1.82) is 0 Å². The smallest absolute Gasteiger partial charge is 0.240 e. The van der Waals surface area contributed by atoms with E-state index in [4.69, 9.17) is 4.98 Å². The summed E-state index contributed by atoms with van der Waals surface area (Å²) < 4.78 is 14.2. The number of H-pyrrole nitrogens is 2. The predicted octanol–water partition coefficient (Wildman–Crippen LogP) is 4.72. The van der Waals surface area contributed by atoms with Crippen molar-refractivity contribution >= 4 is 16.8 Å². The molecular formula is C32H40FN7O2. The van der Waals surface area contributed by atoms with Gasteiger partial charge in [0.15, 0.2) is 17.4 Å². The zero-order valence-corrected chi connectivity index (χ0v) is 25.1. The number of nitrogens with one attached hydrogen (secondary N) is 2. The third-order valence-electron chi connectivity index (χ3n) is 8.94. The van der Waals surface area contributed by atoms with Gasteiger partial charge in [-0.15, -0.1) is 0 Å². The fraction of sp³-hybridized carbons (Fsp3) is 0.469. The molecule has 0 bridgehead atoms. The van der Waals surface area contributed by atoms with E-state index in [1.807, 2.05) is 30.0 Å². The predicted molar refractivity (Wildman–Crippen MR) is 162 cm³/mol. The van der Waals surface area contributed by atoms with Crippen molar-refractivity contribution in [2.45, 2.75) is 65.6 Å². The number of piperazine rings is 1. The lowest BCUT2D eigenvalue weighted by Gasteiger charge is -2.44. The second-order valence-corrected chi connectivity index (χ2v) is 12.4. The summed E-state index contributed by atoms with van der Waals surface area (Å²) in [7, 11) is 0. The Morgan fingerprint density at radius 2 is 1.88 bits per heavy atom. The molecule has 222 valence electrons. The number of aromatic amines is 2. The minimum Gasteiger partial charge on any atom is -0.505 e. The Bertz CT molecular complexity index is 1630. The molecule has 3 N–H and O–H groups in total. The van der Waals surface area contributed by atoms with E-state index in [0.717, 1.165) is 71.7 Å². The van der Waals surface area contributed by atoms with Crippen LogP contribution in [0.3, 0.4) is 0 Å². The van der Waals surface area contributed by atoms with Crippen LogP contribution < -0.4 is 0 Å². The highest BCUT2D eigenvalue weighted by Crippen LogP contribution is 2.34. The highest BCUT2D eigenvalue weighted by molar-refractivity contribution is 5.94. The van der Waals surface area contributed by atoms with Gasteiger partial charge in [-0.2, -0.15) is 5.10 Å². The van der Waals surface area contributed by atoms with Gasteiger partial charge in [-0.1, -0.05) is 19.9 Å². The maximum atomic E-state index is 14.2. The molecule has 0 radical (unpaired) electrons. The quantitative estimate of drug-likeness (QED) is 0.319. The highest BCUT2D eigenvalue weighted by atomic mass is 19.1. The first kappa shape index (κ1) is 28.4. The molecule has 0 saturated carbocycles. The topological polar surface area (TPSA) is 104 Å². The first-order valence-corrected chi connectivity index (χ1v) is 14.9. The average Bonchev–Trinajstić information content (AvgIpc) is 3.60. The molecule has 1 saturated heterocycles. The number of phenolic OH excluding ortho intramolecular Hbond substituents is 1. The van der Waals surface area contributed by atoms with Crippen LogP contribution in [0, 0.1) is 5.82 Å². The number of carbonyl (C=O) groups is 1. The first-order chi connectivity index (χ1) is 20.1. The zero-order chi connectivity index (χ0) is 29.8. The maximum absolute atomic E-state index is 14.2. The van der Waals surface area contributed by atoms with E-state index in [1.54, 1.807) is 0 Å². The number of halogens is 1. The van der Waals surface area contributed by atoms with Gasteiger partial charge >= 0.3 is 0 Å². The van der Waals surface area contributed by atoms with Gasteiger partial charge in [0, 0.05) is 50.1 Å². The van der Waals surface area contributed by atoms with Gasteiger partial charge in [0.25, 0.3) is 0 Å². The number of phenols is 1. The van der Waals surface area contributed by atoms with E-state index < -0.39 is 5.82 Å². The van der Waals surface area contributed by atoms with Crippen LogP contribution >= 0.6 is 0 Å². The van der Waals surface area contributed by atoms with Gasteiger partial charge in [-0.3, -0.25) is 19.7 Å². The van der Waals surface area contributed by atoms with Crippen LogP contribution in [0.1, 0.15) is 51.6 Å². The fourth-order valence-electron chi connectivity index (χ4n) is 6.40. The molecule has 2 aliphatic rings. The number of hydrogen-bond acceptors (Lipinski definition) is 6. The molecular weight excluding hydrogens is 533 g/mol. The molecule has 2 aliphatic heterocycles. The normalized spacial score (nSPS) is 18.5. The lowest BCUT2D eigenvalue weighted by atomic mass is 9.96. The summed E-state index contributed by atoms with van der Waals surface area (Å²) in [5.74, 6) is -0.114. The number of aryl methyl sites for hydroxylation is 1. The summed E-state index contributed by atoms with van der Waals surface area (Å²) in [5, 5.41) is 18.4. The Labute approximate surface area is 245 Å². The van der Waals surface area contributed by atoms with Crippen LogP contribution in [0.25, 0.3) is 33.5 Å². The van der Waals surface area contributed by atoms with Crippen LogP contribution in [-0.4, -0.2) is 90.2 Å². The highest BCUT2D eigenvalue weighted by Gasteiger charge is 2.37. The number of fused-ring (bicyclic) bond motifs is 2. The number of benzene rings is 2. The Balaban J connectivity index is 1.24. The maximum Gasteiger partial charge on any atom is 0.240 e. The molecule has 0 aliphatic carbocycles. The average molecular weight is 574 g/mol. The summed E-state index contributed by atoms with van der Waals surface area (Å²) >= 11 is 0. The van der Waals surface area contributed by atoms with Crippen LogP contribution in [0.5, 0.6) is 5.75 Å². The van der Waals surface area contributed by atoms with Gasteiger partial charge in [-0.05, 0) is 74.7 Å². The molecule has 1 amide bonds. The molecule has 10 heteroatoms. The summed E-state index contributed by atoms with van der Waals surface area (Å²) in [4.78, 5) is 28.8. The number of hydrogen-bond donors (Lipinski definition) is 3. The van der Waals surface area contributed by atoms with Gasteiger partial charge in [-0.25, -0.2) is 9.37 Å². The van der Waals surface area contributed by atoms with E-state index in [0.29, 0.717) is 30.9 Å². The molecule has 1 atom stereocenters. The van der Waals surface area contributed by atoms with Gasteiger partial charge in [0.1, 0.15) is 5.69 Å². The third kappa shape index (κ3) is 5.07. The monoisotopic (exact) mass is 573 g/mol. The summed E-state index contributed by atoms with van der Waals surface area (Å²) in [6.07, 6.45) is 1.23. The standard InChI is InChI=1S/C32H40FN7O2/c1-6-19-15-28(41)23(33)16-22(19)20-8-9-21-24(14-20)36-37-29(21)30-34-25-17-27(38(7-2)18-26(25)35-30)31(42)39-10-12-40(13-11-39)32(3,4)5/h8-9,14-16,27,41H,6-7,10-13,17-18H2,1-5H3,(H,34,35)(H,36,37)/t27-/m1/s1. The molecule has 2 aromatic heterocycles. The lowest BCUT2D eigenvalue weighted by Crippen LogP contribution is -2.59. The number of imidazole rings is 1. The molecule has 9 nitrogen and oxygen atoms in total. The van der Waals surface area contributed by atoms with E-state index in [1.165, 1.54) is 12.1 Å². The molecule has 1 fully saturated rings. The molecule has 4 aromatic rings. The molecule has 6 rings (SSSR count). The SMILES string of the molecule is CCc1cc(O)c(F)cc1-c1ccc2c(-c3nc4c([nH]3)CN(CC)[C@@H](C(=O)N3CCN(C(C)(C)C)CC3)C4)n[nH]c2c1. The summed E-state index contributed by atoms with van der Waals surface area (Å²) in [5.41, 5.74) is 6.02. The van der Waals surface area contributed by atoms with Crippen molar-refractivity contribution in [3.8, 4) is 28.4 Å². The van der Waals surface area contributed by atoms with E-state index in [2.05, 4.69) is 52.7 Å². The van der Waals surface area contributed by atoms with Gasteiger partial charge in [0.2, 0.25) is 5.91 Å². The summed E-state index contributed by atoms with van der Waals surface area (Å²) in [6, 6.07) is 8.52. The molecule has 42 heavy (non-hydrogen) atoms. The number of rotatable bonds is 5. The van der Waals surface area contributed by atoms with E-state index in [9.17, 15) is 14.3 Å². The fourth-order valence-corrected chi connectivity index (χ4v) is 6.40. The molecule has 4 heterocycles. The minimum atomic E-state index is -0.640. The molecule has 0 spiro atoms. The number of nitrogens with zero attached hydrogens (tertiary/aromatic N) is 5. The second-order valence-electron chi connectivity index (χ2n) is 12.4. The van der Waals surface area contributed by atoms with Gasteiger partial charge < -0.3 is 15.0 Å². The molecule has 2 aromatic carbocycles. The number of aromatic nitrogens is 4. The Hall–Kier alpha value is -3.76. The number of likely N-dealkylation sites (N-methyl/N-ethyl adjacent to an activating group) is 1. The second kappa shape index (κ2) is 10.8. The Morgan fingerprint density at radius 3 is 2.57 bits per heavy atom. The van der Waals surface area contributed by atoms with Crippen molar-refractivity contribution in [1.82, 2.24) is 34.9 Å². The number of aromatic hydroxyl groups is 1. The Kier molecular flexibility index (Phi) is 7.31. The summed E-state index contributed by atoms with van der Waals surface area (Å²) in [6.45, 7) is 15.4. The first-order valence-electron chi connectivity index (χ1n) is 14.9.